The van der Waals surface area contributed by atoms with Gasteiger partial charge in [-0.2, -0.15) is 0 Å². The van der Waals surface area contributed by atoms with E-state index < -0.39 is 19.7 Å². The predicted octanol–water partition coefficient (Wildman–Crippen LogP) is 2.31. The molecule has 1 unspecified atom stereocenters. The molecule has 0 amide bonds. The number of hydrogen-bond donors (Lipinski definition) is 2. The van der Waals surface area contributed by atoms with Gasteiger partial charge in [0.2, 0.25) is 0 Å². The van der Waals surface area contributed by atoms with Gasteiger partial charge in [-0.1, -0.05) is 18.2 Å². The number of allylic oxidation sites excluding steroid dienone is 1. The molecule has 21 heavy (non-hydrogen) atoms. The Bertz CT molecular complexity index is 823. The van der Waals surface area contributed by atoms with E-state index in [4.69, 9.17) is 9.79 Å². The maximum atomic E-state index is 12.3. The Morgan fingerprint density at radius 1 is 1.29 bits per heavy atom. The molecule has 108 valence electrons. The highest BCUT2D eigenvalue weighted by molar-refractivity contribution is 7.46. The highest BCUT2D eigenvalue weighted by atomic mass is 31.2. The largest absolute Gasteiger partial charge is 0.470 e. The molecule has 6 nitrogen and oxygen atoms in total. The summed E-state index contributed by atoms with van der Waals surface area (Å²) in [5.41, 5.74) is 2.23. The molecular formula is C14H12NO5P. The minimum absolute atomic E-state index is 0.312. The van der Waals surface area contributed by atoms with Gasteiger partial charge < -0.3 is 9.79 Å². The van der Waals surface area contributed by atoms with Crippen molar-refractivity contribution in [3.05, 3.63) is 47.7 Å². The fourth-order valence-electron chi connectivity index (χ4n) is 2.37. The molecule has 2 aromatic rings. The smallest absolute Gasteiger partial charge is 0.303 e. The Morgan fingerprint density at radius 2 is 2.00 bits per heavy atom. The molecule has 1 aliphatic carbocycles. The maximum absolute atomic E-state index is 12.3. The van der Waals surface area contributed by atoms with Crippen LogP contribution in [-0.4, -0.2) is 26.7 Å². The summed E-state index contributed by atoms with van der Waals surface area (Å²) in [6.45, 7) is 1.73. The molecule has 3 rings (SSSR count). The summed E-state index contributed by atoms with van der Waals surface area (Å²) in [6.07, 6.45) is 0.0900. The van der Waals surface area contributed by atoms with E-state index in [9.17, 15) is 9.36 Å². The fraction of sp³-hybridized carbons (Fsp3) is 0.143. The number of Topliss-reactive ketones (excluding diaryl/α,β-unsaturated/α-hetero) is 1. The fourth-order valence-corrected chi connectivity index (χ4v) is 2.82. The third-order valence-electron chi connectivity index (χ3n) is 3.27. The molecular weight excluding hydrogens is 293 g/mol. The van der Waals surface area contributed by atoms with Crippen LogP contribution in [0.25, 0.3) is 16.5 Å². The molecule has 1 aromatic carbocycles. The monoisotopic (exact) mass is 305 g/mol. The Balaban J connectivity index is 2.14. The number of carbonyl (C=O) groups is 1. The van der Waals surface area contributed by atoms with Gasteiger partial charge in [-0.05, 0) is 30.7 Å². The summed E-state index contributed by atoms with van der Waals surface area (Å²) in [6, 6.07) is 9.02. The van der Waals surface area contributed by atoms with Crippen LogP contribution in [0.2, 0.25) is 0 Å². The minimum Gasteiger partial charge on any atom is -0.303 e. The van der Waals surface area contributed by atoms with E-state index in [0.717, 1.165) is 10.9 Å². The first-order chi connectivity index (χ1) is 9.85. The van der Waals surface area contributed by atoms with Crippen molar-refractivity contribution in [3.63, 3.8) is 0 Å². The first-order valence-corrected chi connectivity index (χ1v) is 7.75. The zero-order valence-electron chi connectivity index (χ0n) is 11.1. The Kier molecular flexibility index (Phi) is 3.26. The third-order valence-corrected chi connectivity index (χ3v) is 3.78. The number of aromatic nitrogens is 1. The molecule has 1 aromatic heterocycles. The van der Waals surface area contributed by atoms with E-state index in [-0.39, 0.29) is 0 Å². The summed E-state index contributed by atoms with van der Waals surface area (Å²) < 4.78 is 15.5. The van der Waals surface area contributed by atoms with Crippen molar-refractivity contribution in [3.8, 4) is 0 Å². The lowest BCUT2D eigenvalue weighted by Crippen LogP contribution is -2.26. The summed E-state index contributed by atoms with van der Waals surface area (Å²) in [5, 5.41) is 0.786. The number of ketones is 1. The Hall–Kier alpha value is -1.85. The van der Waals surface area contributed by atoms with Gasteiger partial charge >= 0.3 is 7.82 Å². The van der Waals surface area contributed by atoms with E-state index in [2.05, 4.69) is 9.51 Å². The average Bonchev–Trinajstić information content (AvgIpc) is 2.41. The van der Waals surface area contributed by atoms with Crippen LogP contribution in [0.4, 0.5) is 0 Å². The molecule has 0 fully saturated rings. The van der Waals surface area contributed by atoms with E-state index in [1.165, 1.54) is 6.08 Å². The predicted molar refractivity (Wildman–Crippen MR) is 76.6 cm³/mol. The first kappa shape index (κ1) is 14.1. The van der Waals surface area contributed by atoms with Crippen molar-refractivity contribution >= 4 is 30.1 Å². The summed E-state index contributed by atoms with van der Waals surface area (Å²) in [5.74, 6) is -0.503. The number of carbonyl (C=O) groups excluding carboxylic acids is 1. The van der Waals surface area contributed by atoms with Gasteiger partial charge in [0.25, 0.3) is 0 Å². The van der Waals surface area contributed by atoms with Crippen LogP contribution in [-0.2, 0) is 9.09 Å². The molecule has 0 radical (unpaired) electrons. The lowest BCUT2D eigenvalue weighted by molar-refractivity contribution is 0.0787. The van der Waals surface area contributed by atoms with Gasteiger partial charge in [-0.15, -0.1) is 0 Å². The summed E-state index contributed by atoms with van der Waals surface area (Å²) in [4.78, 5) is 34.5. The topological polar surface area (TPSA) is 96.7 Å². The molecule has 1 atom stereocenters. The van der Waals surface area contributed by atoms with Crippen molar-refractivity contribution < 1.29 is 23.7 Å². The molecule has 1 aliphatic rings. The van der Waals surface area contributed by atoms with Crippen LogP contribution in [0.15, 0.2) is 36.4 Å². The van der Waals surface area contributed by atoms with E-state index >= 15 is 0 Å². The second-order valence-corrected chi connectivity index (χ2v) is 6.00. The van der Waals surface area contributed by atoms with Crippen molar-refractivity contribution in [1.82, 2.24) is 4.98 Å². The summed E-state index contributed by atoms with van der Waals surface area (Å²) >= 11 is 0. The van der Waals surface area contributed by atoms with Crippen molar-refractivity contribution in [2.75, 3.05) is 0 Å². The zero-order valence-corrected chi connectivity index (χ0v) is 11.9. The molecule has 0 saturated carbocycles. The molecule has 0 spiro atoms. The SMILES string of the molecule is CC1=CC(OP(=O)(O)O)C(=O)c2cc3ccccc3nc21. The van der Waals surface area contributed by atoms with Crippen molar-refractivity contribution in [2.45, 2.75) is 13.0 Å². The second kappa shape index (κ2) is 4.86. The normalized spacial score (nSPS) is 18.5. The number of para-hydroxylation sites is 1. The standard InChI is InChI=1S/C14H12NO5P/c1-8-6-12(20-21(17,18)19)14(16)10-7-9-4-2-3-5-11(9)15-13(8)10/h2-7,12H,1H3,(H2,17,18,19). The molecule has 0 bridgehead atoms. The number of rotatable bonds is 2. The number of hydrogen-bond acceptors (Lipinski definition) is 4. The second-order valence-electron chi connectivity index (χ2n) is 4.81. The first-order valence-electron chi connectivity index (χ1n) is 6.22. The van der Waals surface area contributed by atoms with Crippen molar-refractivity contribution in [1.29, 1.82) is 0 Å². The number of pyridine rings is 1. The highest BCUT2D eigenvalue weighted by Gasteiger charge is 2.33. The molecule has 0 aliphatic heterocycles. The number of benzene rings is 1. The van der Waals surface area contributed by atoms with Crippen LogP contribution in [0.1, 0.15) is 23.0 Å². The summed E-state index contributed by atoms with van der Waals surface area (Å²) in [7, 11) is -4.74. The molecule has 0 saturated heterocycles. The third kappa shape index (κ3) is 2.66. The van der Waals surface area contributed by atoms with Gasteiger partial charge in [0.1, 0.15) is 0 Å². The van der Waals surface area contributed by atoms with Crippen LogP contribution in [0.5, 0.6) is 0 Å². The number of fused-ring (bicyclic) bond motifs is 2. The number of phosphoric ester groups is 1. The molecule has 1 heterocycles. The van der Waals surface area contributed by atoms with Crippen molar-refractivity contribution in [2.24, 2.45) is 0 Å². The van der Waals surface area contributed by atoms with Crippen LogP contribution in [0, 0.1) is 0 Å². The van der Waals surface area contributed by atoms with Crippen LogP contribution in [0.3, 0.4) is 0 Å². The molecule has 7 heteroatoms. The van der Waals surface area contributed by atoms with E-state index in [0.29, 0.717) is 16.8 Å². The van der Waals surface area contributed by atoms with Crippen LogP contribution >= 0.6 is 7.82 Å². The highest BCUT2D eigenvalue weighted by Crippen LogP contribution is 2.40. The quantitative estimate of drug-likeness (QED) is 0.826. The molecule has 2 N–H and O–H groups in total. The lowest BCUT2D eigenvalue weighted by Gasteiger charge is -2.21. The Morgan fingerprint density at radius 3 is 2.71 bits per heavy atom. The zero-order chi connectivity index (χ0) is 15.2. The number of nitrogens with zero attached hydrogens (tertiary/aromatic N) is 1. The van der Waals surface area contributed by atoms with E-state index in [1.807, 2.05) is 24.3 Å². The van der Waals surface area contributed by atoms with Gasteiger partial charge in [0, 0.05) is 10.9 Å². The van der Waals surface area contributed by atoms with Gasteiger partial charge in [-0.3, -0.25) is 9.32 Å². The van der Waals surface area contributed by atoms with Crippen LogP contribution < -0.4 is 0 Å². The maximum Gasteiger partial charge on any atom is 0.470 e. The lowest BCUT2D eigenvalue weighted by atomic mass is 9.92. The van der Waals surface area contributed by atoms with Gasteiger partial charge in [0.05, 0.1) is 11.2 Å². The Labute approximate surface area is 120 Å². The minimum atomic E-state index is -4.74. The van der Waals surface area contributed by atoms with Gasteiger partial charge in [0.15, 0.2) is 11.9 Å². The van der Waals surface area contributed by atoms with Gasteiger partial charge in [-0.25, -0.2) is 9.55 Å². The van der Waals surface area contributed by atoms with E-state index in [1.54, 1.807) is 13.0 Å². The average molecular weight is 305 g/mol. The number of phosphoric acid groups is 1.